The molecule has 1 N–H and O–H groups in total. The lowest BCUT2D eigenvalue weighted by molar-refractivity contribution is 0.0736. The molecule has 156 valence electrons. The van der Waals surface area contributed by atoms with Gasteiger partial charge < -0.3 is 9.64 Å². The highest BCUT2D eigenvalue weighted by atomic mass is 35.5. The quantitative estimate of drug-likeness (QED) is 0.621. The zero-order valence-corrected chi connectivity index (χ0v) is 18.4. The molecule has 2 heterocycles. The van der Waals surface area contributed by atoms with Crippen LogP contribution in [0.25, 0.3) is 0 Å². The summed E-state index contributed by atoms with van der Waals surface area (Å²) in [4.78, 5) is 19.7. The van der Waals surface area contributed by atoms with Crippen LogP contribution in [0, 0.1) is 0 Å². The molecule has 3 aromatic rings. The van der Waals surface area contributed by atoms with Crippen LogP contribution in [0.15, 0.2) is 53.4 Å². The van der Waals surface area contributed by atoms with Crippen molar-refractivity contribution in [2.45, 2.75) is 17.9 Å². The van der Waals surface area contributed by atoms with Gasteiger partial charge in [0.15, 0.2) is 5.13 Å². The van der Waals surface area contributed by atoms with Crippen LogP contribution in [0.2, 0.25) is 5.02 Å². The first kappa shape index (κ1) is 20.6. The Kier molecular flexibility index (Phi) is 5.68. The highest BCUT2D eigenvalue weighted by Gasteiger charge is 2.27. The average molecular weight is 464 g/mol. The van der Waals surface area contributed by atoms with Crippen molar-refractivity contribution >= 4 is 44.0 Å². The standard InChI is InChI=1S/C20H18ClN3O4S2/c1-28-16-8-7-14(21)11-18(16)30(26,27)23-20-22-15-9-10-24(12-17(15)29-20)19(25)13-5-3-2-4-6-13/h2-8,11H,9-10,12H2,1H3,(H,22,23). The fraction of sp³-hybridized carbons (Fsp3) is 0.200. The van der Waals surface area contributed by atoms with E-state index in [9.17, 15) is 13.2 Å². The first-order valence-electron chi connectivity index (χ1n) is 9.06. The fourth-order valence-corrected chi connectivity index (χ4v) is 5.90. The van der Waals surface area contributed by atoms with Crippen molar-refractivity contribution in [3.63, 3.8) is 0 Å². The number of hydrogen-bond donors (Lipinski definition) is 1. The second kappa shape index (κ2) is 8.25. The molecule has 1 aliphatic rings. The lowest BCUT2D eigenvalue weighted by Gasteiger charge is -2.26. The number of rotatable bonds is 5. The molecule has 0 saturated heterocycles. The highest BCUT2D eigenvalue weighted by Crippen LogP contribution is 2.33. The topological polar surface area (TPSA) is 88.6 Å². The molecule has 0 unspecified atom stereocenters. The van der Waals surface area contributed by atoms with Crippen LogP contribution in [0.5, 0.6) is 5.75 Å². The normalized spacial score (nSPS) is 13.6. The monoisotopic (exact) mass is 463 g/mol. The number of methoxy groups -OCH3 is 1. The van der Waals surface area contributed by atoms with Gasteiger partial charge in [-0.2, -0.15) is 0 Å². The Labute approximate surface area is 183 Å². The molecule has 0 fully saturated rings. The lowest BCUT2D eigenvalue weighted by atomic mass is 10.1. The Hall–Kier alpha value is -2.62. The van der Waals surface area contributed by atoms with E-state index in [1.54, 1.807) is 23.1 Å². The number of halogens is 1. The third-order valence-corrected chi connectivity index (χ3v) is 7.40. The van der Waals surface area contributed by atoms with Crippen LogP contribution in [0.4, 0.5) is 5.13 Å². The molecule has 0 aliphatic carbocycles. The first-order chi connectivity index (χ1) is 14.4. The summed E-state index contributed by atoms with van der Waals surface area (Å²) in [5.74, 6) is 0.133. The molecule has 30 heavy (non-hydrogen) atoms. The second-order valence-corrected chi connectivity index (χ2v) is 9.80. The average Bonchev–Trinajstić information content (AvgIpc) is 3.14. The van der Waals surface area contributed by atoms with Gasteiger partial charge in [-0.1, -0.05) is 41.1 Å². The number of nitrogens with zero attached hydrogens (tertiary/aromatic N) is 2. The van der Waals surface area contributed by atoms with Gasteiger partial charge in [0, 0.05) is 28.4 Å². The minimum absolute atomic E-state index is 0.0551. The maximum atomic E-state index is 12.9. The van der Waals surface area contributed by atoms with E-state index in [0.29, 0.717) is 25.1 Å². The van der Waals surface area contributed by atoms with E-state index in [-0.39, 0.29) is 26.7 Å². The van der Waals surface area contributed by atoms with E-state index >= 15 is 0 Å². The zero-order valence-electron chi connectivity index (χ0n) is 16.0. The van der Waals surface area contributed by atoms with Gasteiger partial charge in [0.2, 0.25) is 0 Å². The second-order valence-electron chi connectivity index (χ2n) is 6.63. The summed E-state index contributed by atoms with van der Waals surface area (Å²) in [6.07, 6.45) is 0.562. The van der Waals surface area contributed by atoms with Crippen molar-refractivity contribution in [3.8, 4) is 5.75 Å². The van der Waals surface area contributed by atoms with Crippen LogP contribution in [0.1, 0.15) is 20.9 Å². The van der Waals surface area contributed by atoms with E-state index in [1.807, 2.05) is 18.2 Å². The van der Waals surface area contributed by atoms with Gasteiger partial charge in [0.05, 0.1) is 19.3 Å². The predicted molar refractivity (Wildman–Crippen MR) is 116 cm³/mol. The zero-order chi connectivity index (χ0) is 21.3. The minimum atomic E-state index is -3.94. The number of sulfonamides is 1. The van der Waals surface area contributed by atoms with E-state index in [4.69, 9.17) is 16.3 Å². The molecule has 0 bridgehead atoms. The molecule has 7 nitrogen and oxygen atoms in total. The molecule has 4 rings (SSSR count). The number of carbonyl (C=O) groups excluding carboxylic acids is 1. The molecule has 0 saturated carbocycles. The van der Waals surface area contributed by atoms with Crippen LogP contribution in [-0.2, 0) is 23.0 Å². The number of benzene rings is 2. The van der Waals surface area contributed by atoms with Crippen molar-refractivity contribution in [3.05, 3.63) is 69.7 Å². The van der Waals surface area contributed by atoms with Gasteiger partial charge in [0.25, 0.3) is 15.9 Å². The number of aromatic nitrogens is 1. The Morgan fingerprint density at radius 3 is 2.73 bits per heavy atom. The molecule has 0 spiro atoms. The van der Waals surface area contributed by atoms with Gasteiger partial charge in [-0.3, -0.25) is 9.52 Å². The summed E-state index contributed by atoms with van der Waals surface area (Å²) >= 11 is 7.19. The van der Waals surface area contributed by atoms with Crippen LogP contribution >= 0.6 is 22.9 Å². The Bertz CT molecular complexity index is 1200. The lowest BCUT2D eigenvalue weighted by Crippen LogP contribution is -2.35. The van der Waals surface area contributed by atoms with E-state index < -0.39 is 10.0 Å². The van der Waals surface area contributed by atoms with E-state index in [0.717, 1.165) is 10.6 Å². The highest BCUT2D eigenvalue weighted by molar-refractivity contribution is 7.93. The molecule has 0 radical (unpaired) electrons. The van der Waals surface area contributed by atoms with Crippen LogP contribution in [0.3, 0.4) is 0 Å². The summed E-state index contributed by atoms with van der Waals surface area (Å²) in [6.45, 7) is 0.918. The van der Waals surface area contributed by atoms with Crippen LogP contribution < -0.4 is 9.46 Å². The molecular weight excluding hydrogens is 446 g/mol. The minimum Gasteiger partial charge on any atom is -0.495 e. The molecule has 10 heteroatoms. The first-order valence-corrected chi connectivity index (χ1v) is 11.7. The molecular formula is C20H18ClN3O4S2. The SMILES string of the molecule is COc1ccc(Cl)cc1S(=O)(=O)Nc1nc2c(s1)CN(C(=O)c1ccccc1)CC2. The number of fused-ring (bicyclic) bond motifs is 1. The van der Waals surface area contributed by atoms with Crippen molar-refractivity contribution in [2.24, 2.45) is 0 Å². The van der Waals surface area contributed by atoms with Gasteiger partial charge in [0.1, 0.15) is 10.6 Å². The maximum Gasteiger partial charge on any atom is 0.267 e. The fourth-order valence-electron chi connectivity index (χ4n) is 3.21. The molecule has 1 aliphatic heterocycles. The number of nitrogens with one attached hydrogen (secondary N) is 1. The number of amides is 1. The van der Waals surface area contributed by atoms with Crippen molar-refractivity contribution in [1.29, 1.82) is 0 Å². The van der Waals surface area contributed by atoms with E-state index in [2.05, 4.69) is 9.71 Å². The summed E-state index contributed by atoms with van der Waals surface area (Å²) in [7, 11) is -2.55. The molecule has 0 atom stereocenters. The predicted octanol–water partition coefficient (Wildman–Crippen LogP) is 3.80. The third-order valence-electron chi connectivity index (χ3n) is 4.68. The van der Waals surface area contributed by atoms with Gasteiger partial charge in [-0.05, 0) is 30.3 Å². The third kappa shape index (κ3) is 4.14. The van der Waals surface area contributed by atoms with Gasteiger partial charge >= 0.3 is 0 Å². The number of hydrogen-bond acceptors (Lipinski definition) is 6. The van der Waals surface area contributed by atoms with Crippen molar-refractivity contribution < 1.29 is 17.9 Å². The number of thiazole rings is 1. The summed E-state index contributed by atoms with van der Waals surface area (Å²) in [6, 6.07) is 13.5. The molecule has 1 aromatic heterocycles. The van der Waals surface area contributed by atoms with Gasteiger partial charge in [-0.25, -0.2) is 13.4 Å². The number of anilines is 1. The number of carbonyl (C=O) groups is 1. The summed E-state index contributed by atoms with van der Waals surface area (Å²) < 4.78 is 33.4. The largest absolute Gasteiger partial charge is 0.495 e. The van der Waals surface area contributed by atoms with Crippen molar-refractivity contribution in [2.75, 3.05) is 18.4 Å². The Morgan fingerprint density at radius 2 is 2.00 bits per heavy atom. The molecule has 1 amide bonds. The number of ether oxygens (including phenoxy) is 1. The Morgan fingerprint density at radius 1 is 1.23 bits per heavy atom. The van der Waals surface area contributed by atoms with Gasteiger partial charge in [-0.15, -0.1) is 0 Å². The van der Waals surface area contributed by atoms with E-state index in [1.165, 1.54) is 30.6 Å². The Balaban J connectivity index is 1.55. The van der Waals surface area contributed by atoms with Crippen molar-refractivity contribution in [1.82, 2.24) is 9.88 Å². The van der Waals surface area contributed by atoms with Crippen LogP contribution in [-0.4, -0.2) is 37.9 Å². The summed E-state index contributed by atoms with van der Waals surface area (Å²) in [5.41, 5.74) is 1.42. The summed E-state index contributed by atoms with van der Waals surface area (Å²) in [5, 5.41) is 0.528. The maximum absolute atomic E-state index is 12.9. The molecule has 2 aromatic carbocycles. The smallest absolute Gasteiger partial charge is 0.267 e.